The molecule has 5 nitrogen and oxygen atoms in total. The fourth-order valence-corrected chi connectivity index (χ4v) is 2.80. The van der Waals surface area contributed by atoms with Crippen LogP contribution >= 0.6 is 0 Å². The molecule has 1 heterocycles. The van der Waals surface area contributed by atoms with Crippen molar-refractivity contribution in [2.45, 2.75) is 38.5 Å². The summed E-state index contributed by atoms with van der Waals surface area (Å²) in [5, 5.41) is 16.1. The number of rotatable bonds is 5. The Labute approximate surface area is 129 Å². The summed E-state index contributed by atoms with van der Waals surface area (Å²) in [7, 11) is 0. The zero-order valence-electron chi connectivity index (χ0n) is 12.5. The molecule has 0 bridgehead atoms. The van der Waals surface area contributed by atoms with Crippen molar-refractivity contribution >= 4 is 5.91 Å². The molecule has 0 spiro atoms. The summed E-state index contributed by atoms with van der Waals surface area (Å²) in [5.74, 6) is 1.01. The highest BCUT2D eigenvalue weighted by Gasteiger charge is 2.23. The van der Waals surface area contributed by atoms with Crippen LogP contribution in [0.4, 0.5) is 0 Å². The lowest BCUT2D eigenvalue weighted by molar-refractivity contribution is 0.0943. The number of carbonyl (C=O) groups excluding carboxylic acids is 1. The van der Waals surface area contributed by atoms with Gasteiger partial charge in [-0.05, 0) is 49.8 Å². The number of hydrogen-bond donors (Lipinski definition) is 2. The monoisotopic (exact) mass is 300 g/mol. The van der Waals surface area contributed by atoms with Crippen LogP contribution in [0.25, 0.3) is 0 Å². The molecule has 116 valence electrons. The van der Waals surface area contributed by atoms with Gasteiger partial charge in [-0.2, -0.15) is 0 Å². The molecule has 1 aliphatic carbocycles. The van der Waals surface area contributed by atoms with Gasteiger partial charge < -0.3 is 14.9 Å². The number of aromatic nitrogens is 1. The van der Waals surface area contributed by atoms with Crippen molar-refractivity contribution in [1.82, 2.24) is 10.5 Å². The molecule has 22 heavy (non-hydrogen) atoms. The predicted octanol–water partition coefficient (Wildman–Crippen LogP) is 2.62. The van der Waals surface area contributed by atoms with Crippen LogP contribution in [-0.2, 0) is 19.3 Å². The van der Waals surface area contributed by atoms with Gasteiger partial charge in [0.05, 0.1) is 0 Å². The van der Waals surface area contributed by atoms with Crippen LogP contribution < -0.4 is 5.32 Å². The lowest BCUT2D eigenvalue weighted by atomic mass is 9.96. The van der Waals surface area contributed by atoms with E-state index in [4.69, 9.17) is 4.52 Å². The summed E-state index contributed by atoms with van der Waals surface area (Å²) in [5.41, 5.74) is 2.59. The molecule has 5 heteroatoms. The number of nitrogens with zero attached hydrogens (tertiary/aromatic N) is 1. The second-order valence-electron chi connectivity index (χ2n) is 5.67. The Morgan fingerprint density at radius 3 is 2.82 bits per heavy atom. The van der Waals surface area contributed by atoms with E-state index < -0.39 is 0 Å². The fraction of sp³-hybridized carbons (Fsp3) is 0.412. The highest BCUT2D eigenvalue weighted by atomic mass is 16.5. The number of aryl methyl sites for hydroxylation is 2. The molecule has 0 atom stereocenters. The number of amides is 1. The second-order valence-corrected chi connectivity index (χ2v) is 5.67. The Morgan fingerprint density at radius 1 is 1.23 bits per heavy atom. The van der Waals surface area contributed by atoms with E-state index in [2.05, 4.69) is 10.5 Å². The largest absolute Gasteiger partial charge is 0.508 e. The van der Waals surface area contributed by atoms with Crippen LogP contribution in [0.5, 0.6) is 5.75 Å². The first-order chi connectivity index (χ1) is 10.7. The summed E-state index contributed by atoms with van der Waals surface area (Å²) >= 11 is 0. The van der Waals surface area contributed by atoms with Crippen molar-refractivity contribution in [3.8, 4) is 5.75 Å². The summed E-state index contributed by atoms with van der Waals surface area (Å²) in [6, 6.07) is 7.14. The standard InChI is InChI=1S/C17H20N2O3/c20-13-9-7-12(8-10-13)4-3-11-18-17(21)16-14-5-1-2-6-15(14)22-19-16/h7-10,20H,1-6,11H2,(H,18,21). The van der Waals surface area contributed by atoms with E-state index in [1.54, 1.807) is 12.1 Å². The predicted molar refractivity (Wildman–Crippen MR) is 81.9 cm³/mol. The number of phenolic OH excluding ortho intramolecular Hbond substituents is 1. The van der Waals surface area contributed by atoms with Crippen molar-refractivity contribution in [2.75, 3.05) is 6.54 Å². The molecule has 0 radical (unpaired) electrons. The maximum atomic E-state index is 12.2. The summed E-state index contributed by atoms with van der Waals surface area (Å²) in [4.78, 5) is 12.2. The normalized spacial score (nSPS) is 13.6. The molecule has 1 aromatic carbocycles. The average molecular weight is 300 g/mol. The van der Waals surface area contributed by atoms with E-state index in [1.807, 2.05) is 12.1 Å². The maximum Gasteiger partial charge on any atom is 0.273 e. The highest BCUT2D eigenvalue weighted by molar-refractivity contribution is 5.93. The Morgan fingerprint density at radius 2 is 2.00 bits per heavy atom. The van der Waals surface area contributed by atoms with Crippen molar-refractivity contribution in [2.24, 2.45) is 0 Å². The van der Waals surface area contributed by atoms with Crippen molar-refractivity contribution in [3.05, 3.63) is 46.8 Å². The van der Waals surface area contributed by atoms with Crippen LogP contribution in [0.2, 0.25) is 0 Å². The van der Waals surface area contributed by atoms with Crippen LogP contribution in [0.1, 0.15) is 46.6 Å². The van der Waals surface area contributed by atoms with Gasteiger partial charge in [0.15, 0.2) is 5.69 Å². The quantitative estimate of drug-likeness (QED) is 0.832. The minimum Gasteiger partial charge on any atom is -0.508 e. The van der Waals surface area contributed by atoms with E-state index in [0.29, 0.717) is 12.2 Å². The Balaban J connectivity index is 1.48. The summed E-state index contributed by atoms with van der Waals surface area (Å²) in [6.07, 6.45) is 5.67. The lowest BCUT2D eigenvalue weighted by Crippen LogP contribution is -2.26. The van der Waals surface area contributed by atoms with Gasteiger partial charge in [-0.15, -0.1) is 0 Å². The Bertz CT molecular complexity index is 646. The van der Waals surface area contributed by atoms with Gasteiger partial charge >= 0.3 is 0 Å². The van der Waals surface area contributed by atoms with Gasteiger partial charge in [0.1, 0.15) is 11.5 Å². The van der Waals surface area contributed by atoms with E-state index in [-0.39, 0.29) is 11.7 Å². The molecule has 2 N–H and O–H groups in total. The van der Waals surface area contributed by atoms with Gasteiger partial charge in [0.25, 0.3) is 5.91 Å². The van der Waals surface area contributed by atoms with Gasteiger partial charge in [0, 0.05) is 18.5 Å². The van der Waals surface area contributed by atoms with Crippen LogP contribution in [0.3, 0.4) is 0 Å². The molecule has 0 unspecified atom stereocenters. The van der Waals surface area contributed by atoms with Crippen molar-refractivity contribution in [1.29, 1.82) is 0 Å². The van der Waals surface area contributed by atoms with E-state index >= 15 is 0 Å². The molecule has 0 aliphatic heterocycles. The van der Waals surface area contributed by atoms with E-state index in [9.17, 15) is 9.90 Å². The second kappa shape index (κ2) is 6.64. The topological polar surface area (TPSA) is 75.4 Å². The molecular formula is C17H20N2O3. The first kappa shape index (κ1) is 14.6. The number of carbonyl (C=O) groups is 1. The van der Waals surface area contributed by atoms with Crippen LogP contribution in [-0.4, -0.2) is 22.7 Å². The van der Waals surface area contributed by atoms with Gasteiger partial charge in [-0.3, -0.25) is 4.79 Å². The van der Waals surface area contributed by atoms with Crippen LogP contribution in [0.15, 0.2) is 28.8 Å². The molecule has 0 fully saturated rings. The van der Waals surface area contributed by atoms with E-state index in [0.717, 1.165) is 55.4 Å². The number of phenols is 1. The van der Waals surface area contributed by atoms with Gasteiger partial charge in [0.2, 0.25) is 0 Å². The summed E-state index contributed by atoms with van der Waals surface area (Å²) < 4.78 is 5.26. The number of nitrogens with one attached hydrogen (secondary N) is 1. The van der Waals surface area contributed by atoms with Gasteiger partial charge in [-0.1, -0.05) is 17.3 Å². The highest BCUT2D eigenvalue weighted by Crippen LogP contribution is 2.24. The number of aromatic hydroxyl groups is 1. The zero-order chi connectivity index (χ0) is 15.4. The molecule has 1 aliphatic rings. The minimum atomic E-state index is -0.141. The number of benzene rings is 1. The Hall–Kier alpha value is -2.30. The fourth-order valence-electron chi connectivity index (χ4n) is 2.80. The maximum absolute atomic E-state index is 12.2. The number of hydrogen-bond acceptors (Lipinski definition) is 4. The lowest BCUT2D eigenvalue weighted by Gasteiger charge is -2.09. The minimum absolute atomic E-state index is 0.141. The van der Waals surface area contributed by atoms with Crippen molar-refractivity contribution < 1.29 is 14.4 Å². The molecular weight excluding hydrogens is 280 g/mol. The molecule has 0 saturated carbocycles. The molecule has 1 aromatic heterocycles. The van der Waals surface area contributed by atoms with Gasteiger partial charge in [-0.25, -0.2) is 0 Å². The first-order valence-corrected chi connectivity index (χ1v) is 7.77. The zero-order valence-corrected chi connectivity index (χ0v) is 12.5. The molecule has 2 aromatic rings. The number of fused-ring (bicyclic) bond motifs is 1. The molecule has 0 saturated heterocycles. The molecule has 3 rings (SSSR count). The van der Waals surface area contributed by atoms with Crippen molar-refractivity contribution in [3.63, 3.8) is 0 Å². The molecule has 1 amide bonds. The smallest absolute Gasteiger partial charge is 0.273 e. The third kappa shape index (κ3) is 3.30. The first-order valence-electron chi connectivity index (χ1n) is 7.77. The van der Waals surface area contributed by atoms with Crippen LogP contribution in [0, 0.1) is 0 Å². The summed E-state index contributed by atoms with van der Waals surface area (Å²) in [6.45, 7) is 0.599. The Kier molecular flexibility index (Phi) is 4.42. The SMILES string of the molecule is O=C(NCCCc1ccc(O)cc1)c1noc2c1CCCC2. The average Bonchev–Trinajstić information content (AvgIpc) is 2.97. The third-order valence-corrected chi connectivity index (χ3v) is 4.03. The van der Waals surface area contributed by atoms with E-state index in [1.165, 1.54) is 0 Å². The third-order valence-electron chi connectivity index (χ3n) is 4.03.